The first-order valence-electron chi connectivity index (χ1n) is 3.62. The first-order chi connectivity index (χ1) is 5.95. The molecule has 1 aromatic carbocycles. The number of aromatic amines is 1. The van der Waals surface area contributed by atoms with E-state index in [1.165, 1.54) is 5.39 Å². The van der Waals surface area contributed by atoms with Crippen molar-refractivity contribution in [2.45, 2.75) is 0 Å². The summed E-state index contributed by atoms with van der Waals surface area (Å²) in [6, 6.07) is 6.09. The number of rotatable bonds is 0. The SMILES string of the molecule is c1cc2c(ccc3[nH][se]nc32)n1. The van der Waals surface area contributed by atoms with Gasteiger partial charge in [0.25, 0.3) is 0 Å². The minimum absolute atomic E-state index is 0.188. The molecule has 58 valence electrons. The van der Waals surface area contributed by atoms with Gasteiger partial charge in [-0.05, 0) is 0 Å². The summed E-state index contributed by atoms with van der Waals surface area (Å²) in [5.41, 5.74) is 3.28. The van der Waals surface area contributed by atoms with E-state index in [1.807, 2.05) is 24.4 Å². The van der Waals surface area contributed by atoms with Crippen molar-refractivity contribution in [2.24, 2.45) is 0 Å². The van der Waals surface area contributed by atoms with Crippen LogP contribution in [0.2, 0.25) is 0 Å². The number of benzene rings is 1. The molecule has 3 aromatic rings. The van der Waals surface area contributed by atoms with Crippen molar-refractivity contribution < 1.29 is 0 Å². The summed E-state index contributed by atoms with van der Waals surface area (Å²) < 4.78 is 7.66. The first kappa shape index (κ1) is 6.40. The van der Waals surface area contributed by atoms with Crippen LogP contribution in [-0.4, -0.2) is 27.9 Å². The molecule has 0 saturated heterocycles. The van der Waals surface area contributed by atoms with Crippen LogP contribution < -0.4 is 0 Å². The average Bonchev–Trinajstić information content (AvgIpc) is 2.71. The van der Waals surface area contributed by atoms with E-state index in [0.29, 0.717) is 0 Å². The molecule has 2 aromatic heterocycles. The van der Waals surface area contributed by atoms with E-state index >= 15 is 0 Å². The van der Waals surface area contributed by atoms with Gasteiger partial charge in [-0.1, -0.05) is 0 Å². The van der Waals surface area contributed by atoms with Crippen molar-refractivity contribution in [2.75, 3.05) is 0 Å². The van der Waals surface area contributed by atoms with Crippen molar-refractivity contribution in [3.05, 3.63) is 24.4 Å². The van der Waals surface area contributed by atoms with Gasteiger partial charge in [-0.15, -0.1) is 0 Å². The van der Waals surface area contributed by atoms with Crippen molar-refractivity contribution in [3.8, 4) is 0 Å². The molecule has 0 fully saturated rings. The molecule has 1 N–H and O–H groups in total. The van der Waals surface area contributed by atoms with Crippen LogP contribution in [0.1, 0.15) is 0 Å². The number of fused-ring (bicyclic) bond motifs is 3. The van der Waals surface area contributed by atoms with Crippen LogP contribution in [0.3, 0.4) is 0 Å². The Bertz CT molecular complexity index is 487. The molecule has 0 aliphatic heterocycles. The van der Waals surface area contributed by atoms with E-state index in [0.717, 1.165) is 16.6 Å². The predicted molar refractivity (Wildman–Crippen MR) is 48.3 cm³/mol. The second-order valence-corrected chi connectivity index (χ2v) is 3.82. The summed E-state index contributed by atoms with van der Waals surface area (Å²) in [6.45, 7) is 0. The van der Waals surface area contributed by atoms with Gasteiger partial charge in [0, 0.05) is 0 Å². The van der Waals surface area contributed by atoms with E-state index in [1.54, 1.807) is 0 Å². The molecule has 0 unspecified atom stereocenters. The maximum atomic E-state index is 4.41. The molecule has 3 nitrogen and oxygen atoms in total. The molecule has 4 heteroatoms. The number of hydrogen-bond donors (Lipinski definition) is 1. The van der Waals surface area contributed by atoms with Crippen LogP contribution in [0.15, 0.2) is 24.4 Å². The van der Waals surface area contributed by atoms with Crippen molar-refractivity contribution in [3.63, 3.8) is 0 Å². The summed E-state index contributed by atoms with van der Waals surface area (Å²) in [4.78, 5) is 4.22. The van der Waals surface area contributed by atoms with E-state index in [9.17, 15) is 0 Å². The Morgan fingerprint density at radius 3 is 3.25 bits per heavy atom. The maximum absolute atomic E-state index is 4.41. The summed E-state index contributed by atoms with van der Waals surface area (Å²) in [7, 11) is 0. The number of H-pyrrole nitrogens is 1. The van der Waals surface area contributed by atoms with Gasteiger partial charge >= 0.3 is 74.2 Å². The Morgan fingerprint density at radius 2 is 2.25 bits per heavy atom. The summed E-state index contributed by atoms with van der Waals surface area (Å²) in [5, 5.41) is 1.17. The molecular formula is C8H5N3Se. The molecule has 0 spiro atoms. The molecule has 2 heterocycles. The zero-order valence-corrected chi connectivity index (χ0v) is 7.83. The topological polar surface area (TPSA) is 41.6 Å². The molecular weight excluding hydrogens is 217 g/mol. The van der Waals surface area contributed by atoms with Crippen molar-refractivity contribution in [1.82, 2.24) is 12.9 Å². The fourth-order valence-corrected chi connectivity index (χ4v) is 2.62. The standard InChI is InChI=1S/C8H5N3Se/c1-2-7-8(11-12-10-7)5-3-4-9-6(1)5/h1-4,10H. The summed E-state index contributed by atoms with van der Waals surface area (Å²) in [6.07, 6.45) is 1.83. The predicted octanol–water partition coefficient (Wildman–Crippen LogP) is 1.17. The summed E-state index contributed by atoms with van der Waals surface area (Å²) >= 11 is 0.188. The fourth-order valence-electron chi connectivity index (χ4n) is 1.36. The van der Waals surface area contributed by atoms with Gasteiger partial charge in [0.2, 0.25) is 0 Å². The monoisotopic (exact) mass is 223 g/mol. The number of nitrogens with zero attached hydrogens (tertiary/aromatic N) is 2. The quantitative estimate of drug-likeness (QED) is 0.580. The third kappa shape index (κ3) is 0.709. The summed E-state index contributed by atoms with van der Waals surface area (Å²) in [5.74, 6) is 0. The third-order valence-corrected chi connectivity index (χ3v) is 3.17. The first-order valence-corrected chi connectivity index (χ1v) is 5.25. The van der Waals surface area contributed by atoms with Gasteiger partial charge in [-0.25, -0.2) is 0 Å². The Morgan fingerprint density at radius 1 is 1.25 bits per heavy atom. The van der Waals surface area contributed by atoms with Gasteiger partial charge in [0.1, 0.15) is 0 Å². The van der Waals surface area contributed by atoms with Gasteiger partial charge in [-0.2, -0.15) is 0 Å². The van der Waals surface area contributed by atoms with Crippen molar-refractivity contribution >= 4 is 36.9 Å². The van der Waals surface area contributed by atoms with Crippen LogP contribution in [0.5, 0.6) is 0 Å². The third-order valence-electron chi connectivity index (χ3n) is 1.94. The van der Waals surface area contributed by atoms with Crippen LogP contribution in [0.4, 0.5) is 0 Å². The van der Waals surface area contributed by atoms with Gasteiger partial charge < -0.3 is 0 Å². The van der Waals surface area contributed by atoms with E-state index in [2.05, 4.69) is 12.9 Å². The fraction of sp³-hybridized carbons (Fsp3) is 0. The average molecular weight is 222 g/mol. The Hall–Kier alpha value is -1.12. The molecule has 0 amide bonds. The molecule has 0 saturated carbocycles. The van der Waals surface area contributed by atoms with Gasteiger partial charge in [0.05, 0.1) is 0 Å². The zero-order chi connectivity index (χ0) is 7.97. The molecule has 3 rings (SSSR count). The number of aromatic nitrogens is 3. The van der Waals surface area contributed by atoms with Gasteiger partial charge in [0.15, 0.2) is 0 Å². The normalized spacial score (nSPS) is 11.3. The molecule has 0 atom stereocenters. The van der Waals surface area contributed by atoms with Crippen molar-refractivity contribution in [1.29, 1.82) is 0 Å². The second kappa shape index (κ2) is 2.19. The van der Waals surface area contributed by atoms with E-state index in [-0.39, 0.29) is 15.0 Å². The molecule has 0 aliphatic carbocycles. The Kier molecular flexibility index (Phi) is 1.17. The van der Waals surface area contributed by atoms with Crippen LogP contribution in [0, 0.1) is 0 Å². The molecule has 0 aliphatic rings. The number of nitrogens with one attached hydrogen (secondary N) is 1. The molecule has 12 heavy (non-hydrogen) atoms. The van der Waals surface area contributed by atoms with Gasteiger partial charge in [-0.3, -0.25) is 0 Å². The van der Waals surface area contributed by atoms with Crippen LogP contribution in [-0.2, 0) is 0 Å². The zero-order valence-electron chi connectivity index (χ0n) is 6.11. The Labute approximate surface area is 74.6 Å². The Balaban J connectivity index is 2.71. The minimum atomic E-state index is 0.188. The van der Waals surface area contributed by atoms with E-state index in [4.69, 9.17) is 0 Å². The molecule has 0 bridgehead atoms. The number of hydrogen-bond acceptors (Lipinski definition) is 2. The van der Waals surface area contributed by atoms with E-state index < -0.39 is 0 Å². The van der Waals surface area contributed by atoms with Crippen LogP contribution in [0.25, 0.3) is 21.9 Å². The molecule has 0 radical (unpaired) electrons. The second-order valence-electron chi connectivity index (χ2n) is 2.62. The van der Waals surface area contributed by atoms with Crippen LogP contribution >= 0.6 is 0 Å².